The first-order valence-corrected chi connectivity index (χ1v) is 10.4. The number of hydrogen-bond acceptors (Lipinski definition) is 5. The molecule has 2 N–H and O–H groups in total. The fourth-order valence-corrected chi connectivity index (χ4v) is 3.95. The van der Waals surface area contributed by atoms with E-state index in [1.807, 2.05) is 18.4 Å². The number of nitrogens with zero attached hydrogens (tertiary/aromatic N) is 4. The second kappa shape index (κ2) is 9.84. The van der Waals surface area contributed by atoms with Crippen LogP contribution in [0.25, 0.3) is 0 Å². The minimum Gasteiger partial charge on any atom is -0.369 e. The topological polar surface area (TPSA) is 69.2 Å². The van der Waals surface area contributed by atoms with Crippen LogP contribution in [0.3, 0.4) is 0 Å². The van der Waals surface area contributed by atoms with E-state index in [1.165, 1.54) is 5.69 Å². The summed E-state index contributed by atoms with van der Waals surface area (Å²) in [4.78, 5) is 17.0. The van der Waals surface area contributed by atoms with E-state index < -0.39 is 0 Å². The second-order valence-electron chi connectivity index (χ2n) is 7.45. The van der Waals surface area contributed by atoms with Crippen molar-refractivity contribution in [3.05, 3.63) is 40.9 Å². The Morgan fingerprint density at radius 2 is 1.93 bits per heavy atom. The molecule has 0 radical (unpaired) electrons. The molecule has 152 valence electrons. The third-order valence-corrected chi connectivity index (χ3v) is 5.40. The molecule has 0 atom stereocenters. The molecule has 3 rings (SSSR count). The maximum Gasteiger partial charge on any atom is 0.220 e. The lowest BCUT2D eigenvalue weighted by molar-refractivity contribution is -0.121. The Bertz CT molecular complexity index is 808. The van der Waals surface area contributed by atoms with Crippen molar-refractivity contribution in [3.8, 4) is 0 Å². The van der Waals surface area contributed by atoms with Crippen molar-refractivity contribution in [1.29, 1.82) is 0 Å². The number of carbonyl (C=O) groups excluding carboxylic acids is 1. The number of rotatable bonds is 8. The van der Waals surface area contributed by atoms with Crippen molar-refractivity contribution in [1.82, 2.24) is 25.0 Å². The molecular weight excluding hydrogens is 372 g/mol. The molecule has 1 aliphatic rings. The van der Waals surface area contributed by atoms with Gasteiger partial charge in [-0.3, -0.25) is 14.8 Å². The standard InChI is InChI=1S/C20H30N6OS/c1-16(2)26-18(22-23-20(26)28)15-21-19(27)9-6-10-24-11-13-25(14-12-24)17-7-4-3-5-8-17/h3-5,7-8,16H,6,9-15H2,1-2H3,(H,21,27)(H,23,28). The summed E-state index contributed by atoms with van der Waals surface area (Å²) in [6.07, 6.45) is 1.40. The van der Waals surface area contributed by atoms with E-state index in [9.17, 15) is 4.79 Å². The van der Waals surface area contributed by atoms with Gasteiger partial charge in [-0.25, -0.2) is 0 Å². The predicted octanol–water partition coefficient (Wildman–Crippen LogP) is 2.74. The Balaban J connectivity index is 1.34. The third kappa shape index (κ3) is 5.42. The SMILES string of the molecule is CC(C)n1c(CNC(=O)CCCN2CCN(c3ccccc3)CC2)n[nH]c1=S. The van der Waals surface area contributed by atoms with Gasteiger partial charge in [0.1, 0.15) is 0 Å². The third-order valence-electron chi connectivity index (χ3n) is 5.11. The minimum atomic E-state index is 0.0622. The normalized spacial score (nSPS) is 15.2. The number of aromatic nitrogens is 3. The molecule has 0 unspecified atom stereocenters. The molecule has 2 aromatic rings. The molecule has 1 aromatic carbocycles. The molecule has 7 nitrogen and oxygen atoms in total. The van der Waals surface area contributed by atoms with Crippen LogP contribution in [0.4, 0.5) is 5.69 Å². The highest BCUT2D eigenvalue weighted by Gasteiger charge is 2.17. The Morgan fingerprint density at radius 1 is 1.21 bits per heavy atom. The van der Waals surface area contributed by atoms with Crippen molar-refractivity contribution in [2.75, 3.05) is 37.6 Å². The number of para-hydroxylation sites is 1. The summed E-state index contributed by atoms with van der Waals surface area (Å²) in [6, 6.07) is 10.8. The first-order chi connectivity index (χ1) is 13.5. The van der Waals surface area contributed by atoms with E-state index in [0.29, 0.717) is 17.7 Å². The van der Waals surface area contributed by atoms with Crippen LogP contribution in [0.1, 0.15) is 38.6 Å². The van der Waals surface area contributed by atoms with Crippen LogP contribution in [-0.2, 0) is 11.3 Å². The molecule has 1 fully saturated rings. The van der Waals surface area contributed by atoms with Gasteiger partial charge in [-0.15, -0.1) is 0 Å². The maximum absolute atomic E-state index is 12.2. The molecule has 1 aliphatic heterocycles. The summed E-state index contributed by atoms with van der Waals surface area (Å²) in [7, 11) is 0. The quantitative estimate of drug-likeness (QED) is 0.665. The number of piperazine rings is 1. The Kier molecular flexibility index (Phi) is 7.22. The molecule has 1 amide bonds. The summed E-state index contributed by atoms with van der Waals surface area (Å²) in [5, 5.41) is 9.97. The summed E-state index contributed by atoms with van der Waals surface area (Å²) < 4.78 is 2.52. The summed E-state index contributed by atoms with van der Waals surface area (Å²) >= 11 is 5.23. The fraction of sp³-hybridized carbons (Fsp3) is 0.550. The molecule has 0 aliphatic carbocycles. The lowest BCUT2D eigenvalue weighted by atomic mass is 10.2. The number of carbonyl (C=O) groups is 1. The van der Waals surface area contributed by atoms with Crippen molar-refractivity contribution in [3.63, 3.8) is 0 Å². The summed E-state index contributed by atoms with van der Waals surface area (Å²) in [6.45, 7) is 9.62. The molecule has 0 saturated carbocycles. The van der Waals surface area contributed by atoms with E-state index in [2.05, 4.69) is 55.6 Å². The predicted molar refractivity (Wildman–Crippen MR) is 114 cm³/mol. The second-order valence-corrected chi connectivity index (χ2v) is 7.84. The molecule has 1 aromatic heterocycles. The van der Waals surface area contributed by atoms with E-state index in [4.69, 9.17) is 12.2 Å². The number of H-pyrrole nitrogens is 1. The van der Waals surface area contributed by atoms with Crippen LogP contribution in [0.5, 0.6) is 0 Å². The zero-order valence-electron chi connectivity index (χ0n) is 16.7. The van der Waals surface area contributed by atoms with Gasteiger partial charge in [-0.05, 0) is 51.2 Å². The number of anilines is 1. The summed E-state index contributed by atoms with van der Waals surface area (Å²) in [5.41, 5.74) is 1.29. The van der Waals surface area contributed by atoms with Crippen LogP contribution in [0.15, 0.2) is 30.3 Å². The molecule has 28 heavy (non-hydrogen) atoms. The van der Waals surface area contributed by atoms with Crippen LogP contribution in [-0.4, -0.2) is 58.3 Å². The zero-order chi connectivity index (χ0) is 19.9. The smallest absolute Gasteiger partial charge is 0.220 e. The van der Waals surface area contributed by atoms with Gasteiger partial charge in [0.05, 0.1) is 6.54 Å². The van der Waals surface area contributed by atoms with Gasteiger partial charge in [-0.1, -0.05) is 18.2 Å². The fourth-order valence-electron chi connectivity index (χ4n) is 3.59. The molecule has 2 heterocycles. The molecule has 0 spiro atoms. The van der Waals surface area contributed by atoms with Gasteiger partial charge in [0, 0.05) is 44.3 Å². The van der Waals surface area contributed by atoms with Crippen LogP contribution in [0, 0.1) is 4.77 Å². The highest BCUT2D eigenvalue weighted by Crippen LogP contribution is 2.15. The van der Waals surface area contributed by atoms with E-state index in [-0.39, 0.29) is 11.9 Å². The van der Waals surface area contributed by atoms with Crippen LogP contribution >= 0.6 is 12.2 Å². The first kappa shape index (κ1) is 20.5. The number of benzene rings is 1. The van der Waals surface area contributed by atoms with Gasteiger partial charge in [-0.2, -0.15) is 5.10 Å². The average molecular weight is 403 g/mol. The van der Waals surface area contributed by atoms with Gasteiger partial charge in [0.2, 0.25) is 5.91 Å². The molecule has 1 saturated heterocycles. The van der Waals surface area contributed by atoms with E-state index >= 15 is 0 Å². The Labute approximate surface area is 171 Å². The summed E-state index contributed by atoms with van der Waals surface area (Å²) in [5.74, 6) is 0.831. The van der Waals surface area contributed by atoms with E-state index in [0.717, 1.165) is 45.0 Å². The molecular formula is C20H30N6OS. The van der Waals surface area contributed by atoms with Crippen molar-refractivity contribution < 1.29 is 4.79 Å². The average Bonchev–Trinajstić information content (AvgIpc) is 3.08. The van der Waals surface area contributed by atoms with Crippen LogP contribution in [0.2, 0.25) is 0 Å². The Hall–Kier alpha value is -2.19. The minimum absolute atomic E-state index is 0.0622. The lowest BCUT2D eigenvalue weighted by Gasteiger charge is -2.36. The maximum atomic E-state index is 12.2. The van der Waals surface area contributed by atoms with E-state index in [1.54, 1.807) is 0 Å². The zero-order valence-corrected chi connectivity index (χ0v) is 17.5. The number of hydrogen-bond donors (Lipinski definition) is 2. The Morgan fingerprint density at radius 3 is 2.61 bits per heavy atom. The highest BCUT2D eigenvalue weighted by atomic mass is 32.1. The van der Waals surface area contributed by atoms with Gasteiger partial charge in [0.15, 0.2) is 10.6 Å². The highest BCUT2D eigenvalue weighted by molar-refractivity contribution is 7.71. The number of nitrogens with one attached hydrogen (secondary N) is 2. The molecule has 0 bridgehead atoms. The van der Waals surface area contributed by atoms with Crippen LogP contribution < -0.4 is 10.2 Å². The number of aromatic amines is 1. The monoisotopic (exact) mass is 402 g/mol. The van der Waals surface area contributed by atoms with Gasteiger partial charge in [0.25, 0.3) is 0 Å². The lowest BCUT2D eigenvalue weighted by Crippen LogP contribution is -2.46. The van der Waals surface area contributed by atoms with Crippen molar-refractivity contribution >= 4 is 23.8 Å². The van der Waals surface area contributed by atoms with Gasteiger partial charge < -0.3 is 14.8 Å². The largest absolute Gasteiger partial charge is 0.369 e. The molecule has 8 heteroatoms. The van der Waals surface area contributed by atoms with Crippen molar-refractivity contribution in [2.24, 2.45) is 0 Å². The van der Waals surface area contributed by atoms with Crippen molar-refractivity contribution in [2.45, 2.75) is 39.3 Å². The van der Waals surface area contributed by atoms with Gasteiger partial charge >= 0.3 is 0 Å². The number of amides is 1. The first-order valence-electron chi connectivity index (χ1n) is 9.99.